The van der Waals surface area contributed by atoms with Crippen LogP contribution in [0.3, 0.4) is 0 Å². The van der Waals surface area contributed by atoms with Crippen molar-refractivity contribution in [2.45, 2.75) is 19.8 Å². The Hall–Kier alpha value is 1.89. The largest absolute Gasteiger partial charge is 1.00 e. The predicted molar refractivity (Wildman–Crippen MR) is 22.0 cm³/mol. The third-order valence-corrected chi connectivity index (χ3v) is 0.512. The van der Waals surface area contributed by atoms with Crippen molar-refractivity contribution in [2.24, 2.45) is 0 Å². The van der Waals surface area contributed by atoms with Crippen molar-refractivity contribution in [3.05, 3.63) is 0 Å². The van der Waals surface area contributed by atoms with E-state index in [9.17, 15) is 0 Å². The monoisotopic (exact) mass is 148 g/mol. The maximum Gasteiger partial charge on any atom is 1.00 e. The van der Waals surface area contributed by atoms with Crippen molar-refractivity contribution >= 4 is 0 Å². The predicted octanol–water partition coefficient (Wildman–Crippen LogP) is -5.21. The fourth-order valence-electron chi connectivity index (χ4n) is 0.158. The first-order valence-corrected chi connectivity index (χ1v) is 2.02. The van der Waals surface area contributed by atoms with Gasteiger partial charge in [0.1, 0.15) is 0 Å². The minimum Gasteiger partial charge on any atom is -1.00 e. The number of aliphatic hydroxyl groups excluding tert-OH is 1. The zero-order chi connectivity index (χ0) is 4.12. The Morgan fingerprint density at radius 3 is 1.86 bits per heavy atom. The molecule has 0 aromatic rings. The van der Waals surface area contributed by atoms with Gasteiger partial charge in [-0.3, -0.25) is 0 Å². The first-order chi connectivity index (χ1) is 2.41. The molecule has 0 bridgehead atoms. The van der Waals surface area contributed by atoms with Crippen LogP contribution in [-0.4, -0.2) is 11.7 Å². The summed E-state index contributed by atoms with van der Waals surface area (Å²) >= 11 is 0. The maximum absolute atomic E-state index is 8.07. The maximum atomic E-state index is 8.07. The number of rotatable bonds is 2. The molecular formula is C4H10ClKO. The molecule has 0 aliphatic rings. The first-order valence-electron chi connectivity index (χ1n) is 2.02. The number of hydrogen-bond donors (Lipinski definition) is 1. The van der Waals surface area contributed by atoms with Crippen molar-refractivity contribution in [2.75, 3.05) is 6.61 Å². The smallest absolute Gasteiger partial charge is 1.00 e. The molecule has 0 spiro atoms. The van der Waals surface area contributed by atoms with Crippen LogP contribution in [-0.2, 0) is 0 Å². The molecule has 0 aromatic carbocycles. The summed E-state index contributed by atoms with van der Waals surface area (Å²) in [5, 5.41) is 8.07. The Bertz CT molecular complexity index is 19.2. The van der Waals surface area contributed by atoms with Gasteiger partial charge in [-0.2, -0.15) is 0 Å². The zero-order valence-electron chi connectivity index (χ0n) is 4.95. The van der Waals surface area contributed by atoms with E-state index in [1.807, 2.05) is 0 Å². The van der Waals surface area contributed by atoms with E-state index in [0.29, 0.717) is 6.61 Å². The van der Waals surface area contributed by atoms with Gasteiger partial charge in [0.05, 0.1) is 0 Å². The molecule has 0 saturated heterocycles. The fourth-order valence-corrected chi connectivity index (χ4v) is 0.158. The molecule has 0 unspecified atom stereocenters. The molecular weight excluding hydrogens is 139 g/mol. The molecule has 0 saturated carbocycles. The SMILES string of the molecule is CCCCO.[Cl-].[K+]. The molecule has 0 aliphatic heterocycles. The second kappa shape index (κ2) is 15.7. The van der Waals surface area contributed by atoms with E-state index in [2.05, 4.69) is 6.92 Å². The van der Waals surface area contributed by atoms with Crippen molar-refractivity contribution < 1.29 is 68.9 Å². The summed E-state index contributed by atoms with van der Waals surface area (Å²) in [5.41, 5.74) is 0. The van der Waals surface area contributed by atoms with E-state index in [1.54, 1.807) is 0 Å². The van der Waals surface area contributed by atoms with E-state index < -0.39 is 0 Å². The summed E-state index contributed by atoms with van der Waals surface area (Å²) in [6.07, 6.45) is 2.04. The van der Waals surface area contributed by atoms with Crippen molar-refractivity contribution in [3.63, 3.8) is 0 Å². The van der Waals surface area contributed by atoms with Crippen LogP contribution in [0.15, 0.2) is 0 Å². The molecule has 1 nitrogen and oxygen atoms in total. The topological polar surface area (TPSA) is 20.2 Å². The standard InChI is InChI=1S/C4H10O.ClH.K/c1-2-3-4-5;;/h5H,2-4H2,1H3;1H;/q;;+1/p-1. The van der Waals surface area contributed by atoms with Crippen LogP contribution in [0.4, 0.5) is 0 Å². The van der Waals surface area contributed by atoms with Gasteiger partial charge < -0.3 is 17.5 Å². The van der Waals surface area contributed by atoms with Crippen LogP contribution < -0.4 is 63.8 Å². The summed E-state index contributed by atoms with van der Waals surface area (Å²) in [5.74, 6) is 0. The van der Waals surface area contributed by atoms with E-state index in [1.165, 1.54) is 0 Å². The van der Waals surface area contributed by atoms with E-state index in [0.717, 1.165) is 12.8 Å². The van der Waals surface area contributed by atoms with Crippen molar-refractivity contribution in [3.8, 4) is 0 Å². The normalized spacial score (nSPS) is 6.00. The molecule has 0 radical (unpaired) electrons. The van der Waals surface area contributed by atoms with Gasteiger partial charge in [-0.1, -0.05) is 13.3 Å². The Labute approximate surface area is 93.7 Å². The molecule has 0 atom stereocenters. The van der Waals surface area contributed by atoms with Crippen LogP contribution in [0.25, 0.3) is 0 Å². The number of aliphatic hydroxyl groups is 1. The third-order valence-electron chi connectivity index (χ3n) is 0.512. The zero-order valence-corrected chi connectivity index (χ0v) is 8.83. The van der Waals surface area contributed by atoms with Gasteiger partial charge in [0.15, 0.2) is 0 Å². The van der Waals surface area contributed by atoms with Gasteiger partial charge in [-0.25, -0.2) is 0 Å². The van der Waals surface area contributed by atoms with Gasteiger partial charge in [-0.05, 0) is 6.42 Å². The van der Waals surface area contributed by atoms with Crippen LogP contribution in [0, 0.1) is 0 Å². The van der Waals surface area contributed by atoms with Gasteiger partial charge in [0.25, 0.3) is 0 Å². The van der Waals surface area contributed by atoms with Gasteiger partial charge in [0.2, 0.25) is 0 Å². The molecule has 0 rings (SSSR count). The average molecular weight is 149 g/mol. The van der Waals surface area contributed by atoms with Gasteiger partial charge in [-0.15, -0.1) is 0 Å². The molecule has 7 heavy (non-hydrogen) atoms. The van der Waals surface area contributed by atoms with E-state index in [-0.39, 0.29) is 63.8 Å². The molecule has 0 aromatic heterocycles. The summed E-state index contributed by atoms with van der Waals surface area (Å²) in [7, 11) is 0. The van der Waals surface area contributed by atoms with Gasteiger partial charge in [0, 0.05) is 6.61 Å². The second-order valence-corrected chi connectivity index (χ2v) is 1.08. The van der Waals surface area contributed by atoms with Crippen molar-refractivity contribution in [1.29, 1.82) is 0 Å². The Kier molecular flexibility index (Phi) is 35.7. The van der Waals surface area contributed by atoms with E-state index in [4.69, 9.17) is 5.11 Å². The summed E-state index contributed by atoms with van der Waals surface area (Å²) in [6.45, 7) is 2.40. The Morgan fingerprint density at radius 2 is 1.86 bits per heavy atom. The fraction of sp³-hybridized carbons (Fsp3) is 1.00. The molecule has 3 heteroatoms. The van der Waals surface area contributed by atoms with E-state index >= 15 is 0 Å². The first kappa shape index (κ1) is 16.0. The summed E-state index contributed by atoms with van der Waals surface area (Å²) in [6, 6.07) is 0. The number of hydrogen-bond acceptors (Lipinski definition) is 1. The molecule has 40 valence electrons. The van der Waals surface area contributed by atoms with Gasteiger partial charge >= 0.3 is 51.4 Å². The quantitative estimate of drug-likeness (QED) is 0.389. The number of halogens is 1. The van der Waals surface area contributed by atoms with Crippen LogP contribution in [0.2, 0.25) is 0 Å². The van der Waals surface area contributed by atoms with Crippen LogP contribution in [0.1, 0.15) is 19.8 Å². The Morgan fingerprint density at radius 1 is 1.43 bits per heavy atom. The molecule has 1 N–H and O–H groups in total. The summed E-state index contributed by atoms with van der Waals surface area (Å²) < 4.78 is 0. The molecule has 0 aliphatic carbocycles. The molecule has 0 amide bonds. The molecule has 0 fully saturated rings. The van der Waals surface area contributed by atoms with Crippen molar-refractivity contribution in [1.82, 2.24) is 0 Å². The Balaban J connectivity index is -0.0000000800. The third kappa shape index (κ3) is 18.1. The minimum atomic E-state index is 0. The van der Waals surface area contributed by atoms with Crippen LogP contribution in [0.5, 0.6) is 0 Å². The second-order valence-electron chi connectivity index (χ2n) is 1.08. The van der Waals surface area contributed by atoms with Crippen LogP contribution >= 0.6 is 0 Å². The number of unbranched alkanes of at least 4 members (excludes halogenated alkanes) is 1. The average Bonchev–Trinajstić information content (AvgIpc) is 1.41. The molecule has 0 heterocycles. The summed E-state index contributed by atoms with van der Waals surface area (Å²) in [4.78, 5) is 0. The minimum absolute atomic E-state index is 0.